The van der Waals surface area contributed by atoms with E-state index < -0.39 is 10.0 Å². The average Bonchev–Trinajstić information content (AvgIpc) is 2.45. The van der Waals surface area contributed by atoms with Crippen LogP contribution in [0.3, 0.4) is 0 Å². The standard InChI is InChI=1S/C14H19Br2NO3S/c15-12-5-6-14(13(16)7-12)21(19,20)17-8-10-3-1-2-4-11(10)9-18/h5-7,10-11,17-18H,1-4,8-9H2. The van der Waals surface area contributed by atoms with Crippen molar-refractivity contribution in [2.75, 3.05) is 13.2 Å². The van der Waals surface area contributed by atoms with Crippen LogP contribution in [0.4, 0.5) is 0 Å². The first-order valence-electron chi connectivity index (χ1n) is 6.99. The number of halogens is 2. The maximum absolute atomic E-state index is 12.4. The number of aliphatic hydroxyl groups is 1. The van der Waals surface area contributed by atoms with E-state index in [1.54, 1.807) is 18.2 Å². The molecule has 0 aromatic heterocycles. The monoisotopic (exact) mass is 439 g/mol. The molecule has 1 aromatic rings. The van der Waals surface area contributed by atoms with E-state index in [-0.39, 0.29) is 23.3 Å². The Labute approximate surface area is 142 Å². The molecule has 7 heteroatoms. The quantitative estimate of drug-likeness (QED) is 0.738. The first-order valence-corrected chi connectivity index (χ1v) is 10.1. The second kappa shape index (κ2) is 7.55. The van der Waals surface area contributed by atoms with Gasteiger partial charge in [-0.05, 0) is 58.8 Å². The summed E-state index contributed by atoms with van der Waals surface area (Å²) in [5.74, 6) is 0.419. The second-order valence-corrected chi connectivity index (χ2v) is 8.92. The Morgan fingerprint density at radius 2 is 1.86 bits per heavy atom. The van der Waals surface area contributed by atoms with Gasteiger partial charge in [0.05, 0.1) is 4.90 Å². The molecule has 0 spiro atoms. The molecule has 0 amide bonds. The summed E-state index contributed by atoms with van der Waals surface area (Å²) in [6.45, 7) is 0.518. The topological polar surface area (TPSA) is 66.4 Å². The maximum atomic E-state index is 12.4. The van der Waals surface area contributed by atoms with E-state index in [4.69, 9.17) is 0 Å². The van der Waals surface area contributed by atoms with Crippen molar-refractivity contribution in [2.45, 2.75) is 30.6 Å². The molecule has 1 saturated carbocycles. The zero-order valence-corrected chi connectivity index (χ0v) is 15.5. The van der Waals surface area contributed by atoms with Gasteiger partial charge in [0.15, 0.2) is 0 Å². The van der Waals surface area contributed by atoms with Gasteiger partial charge in [0, 0.05) is 22.1 Å². The van der Waals surface area contributed by atoms with Crippen molar-refractivity contribution in [3.8, 4) is 0 Å². The lowest BCUT2D eigenvalue weighted by Gasteiger charge is -2.30. The van der Waals surface area contributed by atoms with E-state index in [0.717, 1.165) is 30.2 Å². The molecule has 0 aliphatic heterocycles. The first kappa shape index (κ1) is 17.4. The van der Waals surface area contributed by atoms with E-state index in [1.807, 2.05) is 0 Å². The second-order valence-electron chi connectivity index (χ2n) is 5.41. The Kier molecular flexibility index (Phi) is 6.25. The summed E-state index contributed by atoms with van der Waals surface area (Å²) < 4.78 is 28.8. The molecule has 1 aromatic carbocycles. The fourth-order valence-electron chi connectivity index (χ4n) is 2.78. The summed E-state index contributed by atoms with van der Waals surface area (Å²) >= 11 is 6.59. The van der Waals surface area contributed by atoms with Crippen LogP contribution in [-0.2, 0) is 10.0 Å². The molecule has 1 aliphatic rings. The van der Waals surface area contributed by atoms with Crippen molar-refractivity contribution in [1.29, 1.82) is 0 Å². The number of hydrogen-bond donors (Lipinski definition) is 2. The van der Waals surface area contributed by atoms with E-state index in [2.05, 4.69) is 36.6 Å². The van der Waals surface area contributed by atoms with Crippen LogP contribution in [0.1, 0.15) is 25.7 Å². The molecular weight excluding hydrogens is 422 g/mol. The van der Waals surface area contributed by atoms with Crippen molar-refractivity contribution in [1.82, 2.24) is 4.72 Å². The highest BCUT2D eigenvalue weighted by Crippen LogP contribution is 2.30. The minimum absolute atomic E-state index is 0.133. The molecule has 0 saturated heterocycles. The van der Waals surface area contributed by atoms with Gasteiger partial charge < -0.3 is 5.11 Å². The molecule has 0 radical (unpaired) electrons. The third kappa shape index (κ3) is 4.51. The minimum Gasteiger partial charge on any atom is -0.396 e. The number of sulfonamides is 1. The number of rotatable bonds is 5. The van der Waals surface area contributed by atoms with Gasteiger partial charge >= 0.3 is 0 Å². The van der Waals surface area contributed by atoms with Crippen molar-refractivity contribution < 1.29 is 13.5 Å². The van der Waals surface area contributed by atoms with E-state index >= 15 is 0 Å². The number of nitrogens with one attached hydrogen (secondary N) is 1. The van der Waals surface area contributed by atoms with Crippen molar-refractivity contribution in [3.05, 3.63) is 27.1 Å². The molecule has 0 bridgehead atoms. The van der Waals surface area contributed by atoms with Gasteiger partial charge in [0.25, 0.3) is 0 Å². The lowest BCUT2D eigenvalue weighted by Crippen LogP contribution is -2.35. The summed E-state index contributed by atoms with van der Waals surface area (Å²) in [6.07, 6.45) is 4.16. The van der Waals surface area contributed by atoms with Crippen LogP contribution in [-0.4, -0.2) is 26.7 Å². The van der Waals surface area contributed by atoms with Crippen LogP contribution in [0.15, 0.2) is 32.0 Å². The highest BCUT2D eigenvalue weighted by Gasteiger charge is 2.26. The fraction of sp³-hybridized carbons (Fsp3) is 0.571. The smallest absolute Gasteiger partial charge is 0.241 e. The Bertz CT molecular complexity index is 592. The van der Waals surface area contributed by atoms with Gasteiger partial charge in [-0.2, -0.15) is 0 Å². The highest BCUT2D eigenvalue weighted by atomic mass is 79.9. The van der Waals surface area contributed by atoms with Crippen molar-refractivity contribution >= 4 is 41.9 Å². The van der Waals surface area contributed by atoms with Crippen LogP contribution in [0.2, 0.25) is 0 Å². The summed E-state index contributed by atoms with van der Waals surface area (Å²) in [5.41, 5.74) is 0. The lowest BCUT2D eigenvalue weighted by molar-refractivity contribution is 0.136. The van der Waals surface area contributed by atoms with Gasteiger partial charge in [0.1, 0.15) is 0 Å². The Morgan fingerprint density at radius 3 is 2.48 bits per heavy atom. The molecule has 2 atom stereocenters. The van der Waals surface area contributed by atoms with Crippen LogP contribution in [0, 0.1) is 11.8 Å². The number of hydrogen-bond acceptors (Lipinski definition) is 3. The van der Waals surface area contributed by atoms with Crippen LogP contribution >= 0.6 is 31.9 Å². The summed E-state index contributed by atoms with van der Waals surface area (Å²) in [5, 5.41) is 9.39. The van der Waals surface area contributed by atoms with E-state index in [1.165, 1.54) is 0 Å². The van der Waals surface area contributed by atoms with E-state index in [0.29, 0.717) is 11.0 Å². The molecule has 2 N–H and O–H groups in total. The summed E-state index contributed by atoms with van der Waals surface area (Å²) in [4.78, 5) is 0.238. The normalized spacial score (nSPS) is 23.2. The molecule has 21 heavy (non-hydrogen) atoms. The molecule has 1 aliphatic carbocycles. The number of benzene rings is 1. The van der Waals surface area contributed by atoms with Gasteiger partial charge in [0.2, 0.25) is 10.0 Å². The molecule has 2 rings (SSSR count). The zero-order chi connectivity index (χ0) is 15.5. The predicted molar refractivity (Wildman–Crippen MR) is 89.6 cm³/mol. The van der Waals surface area contributed by atoms with Crippen LogP contribution in [0.25, 0.3) is 0 Å². The summed E-state index contributed by atoms with van der Waals surface area (Å²) in [6, 6.07) is 4.99. The molecule has 2 unspecified atom stereocenters. The van der Waals surface area contributed by atoms with Crippen molar-refractivity contribution in [3.63, 3.8) is 0 Å². The predicted octanol–water partition coefficient (Wildman–Crippen LogP) is 3.29. The SMILES string of the molecule is O=S(=O)(NCC1CCCCC1CO)c1ccc(Br)cc1Br. The Balaban J connectivity index is 2.07. The largest absolute Gasteiger partial charge is 0.396 e. The van der Waals surface area contributed by atoms with Crippen LogP contribution in [0.5, 0.6) is 0 Å². The molecule has 118 valence electrons. The van der Waals surface area contributed by atoms with Gasteiger partial charge in [-0.15, -0.1) is 0 Å². The van der Waals surface area contributed by atoms with Gasteiger partial charge in [-0.25, -0.2) is 13.1 Å². The zero-order valence-electron chi connectivity index (χ0n) is 11.6. The molecular formula is C14H19Br2NO3S. The highest BCUT2D eigenvalue weighted by molar-refractivity contribution is 9.11. The van der Waals surface area contributed by atoms with E-state index in [9.17, 15) is 13.5 Å². The third-order valence-electron chi connectivity index (χ3n) is 4.02. The first-order chi connectivity index (χ1) is 9.94. The van der Waals surface area contributed by atoms with Crippen LogP contribution < -0.4 is 4.72 Å². The van der Waals surface area contributed by atoms with Gasteiger partial charge in [-0.1, -0.05) is 28.8 Å². The van der Waals surface area contributed by atoms with Crippen molar-refractivity contribution in [2.24, 2.45) is 11.8 Å². The Hall–Kier alpha value is 0.0500. The molecule has 1 fully saturated rings. The van der Waals surface area contributed by atoms with Gasteiger partial charge in [-0.3, -0.25) is 0 Å². The molecule has 4 nitrogen and oxygen atoms in total. The summed E-state index contributed by atoms with van der Waals surface area (Å²) in [7, 11) is -3.54. The lowest BCUT2D eigenvalue weighted by atomic mass is 9.80. The Morgan fingerprint density at radius 1 is 1.19 bits per heavy atom. The number of aliphatic hydroxyl groups excluding tert-OH is 1. The maximum Gasteiger partial charge on any atom is 0.241 e. The minimum atomic E-state index is -3.54. The molecule has 0 heterocycles. The average molecular weight is 441 g/mol. The fourth-order valence-corrected chi connectivity index (χ4v) is 5.62. The third-order valence-corrected chi connectivity index (χ3v) is 6.91.